The zero-order valence-corrected chi connectivity index (χ0v) is 16.2. The zero-order chi connectivity index (χ0) is 18.4. The Bertz CT molecular complexity index is 823. The molecular weight excluding hydrogens is 350 g/mol. The predicted molar refractivity (Wildman–Crippen MR) is 101 cm³/mol. The number of aromatic nitrogens is 2. The van der Waals surface area contributed by atoms with E-state index < -0.39 is 6.04 Å². The molecule has 0 saturated carbocycles. The van der Waals surface area contributed by atoms with E-state index in [1.54, 1.807) is 11.6 Å². The smallest absolute Gasteiger partial charge is 0.262 e. The lowest BCUT2D eigenvalue weighted by Gasteiger charge is -2.27. The van der Waals surface area contributed by atoms with Crippen LogP contribution in [0.1, 0.15) is 41.6 Å². The fraction of sp³-hybridized carbons (Fsp3) is 0.611. The summed E-state index contributed by atoms with van der Waals surface area (Å²) < 4.78 is 1.79. The van der Waals surface area contributed by atoms with E-state index in [4.69, 9.17) is 0 Å². The molecule has 3 atom stereocenters. The molecule has 8 heteroatoms. The van der Waals surface area contributed by atoms with Crippen LogP contribution < -0.4 is 10.6 Å². The second-order valence-corrected chi connectivity index (χ2v) is 8.48. The van der Waals surface area contributed by atoms with Crippen molar-refractivity contribution >= 4 is 33.4 Å². The summed E-state index contributed by atoms with van der Waals surface area (Å²) in [5.74, 6) is -0.187. The minimum atomic E-state index is -0.524. The van der Waals surface area contributed by atoms with Gasteiger partial charge in [-0.05, 0) is 39.2 Å². The van der Waals surface area contributed by atoms with E-state index in [9.17, 15) is 9.59 Å². The highest BCUT2D eigenvalue weighted by atomic mass is 32.1. The van der Waals surface area contributed by atoms with Gasteiger partial charge < -0.3 is 15.5 Å². The Morgan fingerprint density at radius 3 is 2.88 bits per heavy atom. The first-order valence-electron chi connectivity index (χ1n) is 9.21. The molecule has 2 aromatic heterocycles. The highest BCUT2D eigenvalue weighted by molar-refractivity contribution is 7.20. The summed E-state index contributed by atoms with van der Waals surface area (Å²) >= 11 is 1.41. The molecule has 2 aliphatic rings. The van der Waals surface area contributed by atoms with Gasteiger partial charge in [0.1, 0.15) is 10.9 Å². The van der Waals surface area contributed by atoms with Gasteiger partial charge in [0.15, 0.2) is 0 Å². The van der Waals surface area contributed by atoms with Gasteiger partial charge in [-0.25, -0.2) is 0 Å². The molecule has 0 aromatic carbocycles. The van der Waals surface area contributed by atoms with Gasteiger partial charge in [-0.2, -0.15) is 5.10 Å². The van der Waals surface area contributed by atoms with Crippen LogP contribution in [0.5, 0.6) is 0 Å². The molecule has 0 spiro atoms. The van der Waals surface area contributed by atoms with Gasteiger partial charge in [-0.1, -0.05) is 0 Å². The minimum absolute atomic E-state index is 0.00617. The van der Waals surface area contributed by atoms with Gasteiger partial charge in [0.2, 0.25) is 5.91 Å². The van der Waals surface area contributed by atoms with Crippen molar-refractivity contribution in [2.24, 2.45) is 7.05 Å². The van der Waals surface area contributed by atoms with Crippen molar-refractivity contribution in [3.05, 3.63) is 16.6 Å². The number of hydrogen-bond donors (Lipinski definition) is 2. The SMILES string of the molecule is Cc1nn(C)c2sc(C(=O)NC(C)C(=O)N3CCC4CCC(C3)N4)cc12. The number of likely N-dealkylation sites (tertiary alicyclic amines) is 1. The molecule has 0 radical (unpaired) electrons. The van der Waals surface area contributed by atoms with Crippen LogP contribution in [0.4, 0.5) is 0 Å². The summed E-state index contributed by atoms with van der Waals surface area (Å²) in [6.07, 6.45) is 3.33. The Balaban J connectivity index is 1.42. The molecule has 4 heterocycles. The Kier molecular flexibility index (Phi) is 4.48. The maximum Gasteiger partial charge on any atom is 0.262 e. The lowest BCUT2D eigenvalue weighted by Crippen LogP contribution is -2.49. The first kappa shape index (κ1) is 17.5. The molecule has 2 saturated heterocycles. The van der Waals surface area contributed by atoms with Gasteiger partial charge >= 0.3 is 0 Å². The Labute approximate surface area is 156 Å². The van der Waals surface area contributed by atoms with Crippen molar-refractivity contribution in [2.75, 3.05) is 13.1 Å². The molecule has 2 fully saturated rings. The minimum Gasteiger partial charge on any atom is -0.340 e. The standard InChI is InChI=1S/C18H25N5O2S/c1-10-14-8-15(26-18(14)22(3)21-10)16(24)19-11(2)17(25)23-7-6-12-4-5-13(9-23)20-12/h8,11-13,20H,4-7,9H2,1-3H3,(H,19,24). The average Bonchev–Trinajstić information content (AvgIpc) is 3.24. The molecule has 2 N–H and O–H groups in total. The number of carbonyl (C=O) groups excluding carboxylic acids is 2. The summed E-state index contributed by atoms with van der Waals surface area (Å²) in [5.41, 5.74) is 0.911. The van der Waals surface area contributed by atoms with Crippen LogP contribution in [0.25, 0.3) is 10.2 Å². The summed E-state index contributed by atoms with van der Waals surface area (Å²) in [6.45, 7) is 5.21. The molecule has 2 aliphatic heterocycles. The molecular formula is C18H25N5O2S. The topological polar surface area (TPSA) is 79.3 Å². The van der Waals surface area contributed by atoms with E-state index in [1.807, 2.05) is 24.9 Å². The zero-order valence-electron chi connectivity index (χ0n) is 15.4. The van der Waals surface area contributed by atoms with Crippen LogP contribution in [0.3, 0.4) is 0 Å². The molecule has 140 valence electrons. The normalized spacial score (nSPS) is 23.9. The number of carbonyl (C=O) groups is 2. The highest BCUT2D eigenvalue weighted by Gasteiger charge is 2.33. The van der Waals surface area contributed by atoms with E-state index in [1.165, 1.54) is 17.8 Å². The number of nitrogens with zero attached hydrogens (tertiary/aromatic N) is 3. The van der Waals surface area contributed by atoms with Crippen molar-refractivity contribution in [1.29, 1.82) is 0 Å². The predicted octanol–water partition coefficient (Wildman–Crippen LogP) is 1.41. The fourth-order valence-electron chi connectivity index (χ4n) is 4.06. The third-order valence-electron chi connectivity index (χ3n) is 5.47. The number of rotatable bonds is 3. The molecule has 2 amide bonds. The van der Waals surface area contributed by atoms with Gasteiger partial charge in [-0.3, -0.25) is 14.3 Å². The maximum absolute atomic E-state index is 12.8. The summed E-state index contributed by atoms with van der Waals surface area (Å²) in [6, 6.07) is 2.28. The van der Waals surface area contributed by atoms with Crippen LogP contribution in [-0.4, -0.2) is 57.7 Å². The van der Waals surface area contributed by atoms with Crippen LogP contribution in [0.15, 0.2) is 6.07 Å². The largest absolute Gasteiger partial charge is 0.340 e. The summed E-state index contributed by atoms with van der Waals surface area (Å²) in [7, 11) is 1.88. The van der Waals surface area contributed by atoms with Crippen LogP contribution >= 0.6 is 11.3 Å². The number of aryl methyl sites for hydroxylation is 2. The number of amides is 2. The molecule has 7 nitrogen and oxygen atoms in total. The maximum atomic E-state index is 12.8. The monoisotopic (exact) mass is 375 g/mol. The molecule has 26 heavy (non-hydrogen) atoms. The van der Waals surface area contributed by atoms with E-state index in [0.29, 0.717) is 17.0 Å². The second kappa shape index (κ2) is 6.66. The fourth-order valence-corrected chi connectivity index (χ4v) is 5.09. The Morgan fingerprint density at radius 2 is 2.12 bits per heavy atom. The van der Waals surface area contributed by atoms with Crippen LogP contribution in [0, 0.1) is 6.92 Å². The van der Waals surface area contributed by atoms with Crippen molar-refractivity contribution < 1.29 is 9.59 Å². The van der Waals surface area contributed by atoms with Crippen molar-refractivity contribution in [1.82, 2.24) is 25.3 Å². The second-order valence-electron chi connectivity index (χ2n) is 7.44. The van der Waals surface area contributed by atoms with E-state index >= 15 is 0 Å². The van der Waals surface area contributed by atoms with Crippen LogP contribution in [0.2, 0.25) is 0 Å². The van der Waals surface area contributed by atoms with Crippen LogP contribution in [-0.2, 0) is 11.8 Å². The third-order valence-corrected chi connectivity index (χ3v) is 6.67. The molecule has 4 rings (SSSR count). The first-order valence-corrected chi connectivity index (χ1v) is 10.0. The van der Waals surface area contributed by atoms with Gasteiger partial charge in [0.05, 0.1) is 10.6 Å². The van der Waals surface area contributed by atoms with Crippen molar-refractivity contribution in [3.8, 4) is 0 Å². The highest BCUT2D eigenvalue weighted by Crippen LogP contribution is 2.27. The van der Waals surface area contributed by atoms with Gasteiger partial charge in [0, 0.05) is 37.6 Å². The molecule has 3 unspecified atom stereocenters. The Morgan fingerprint density at radius 1 is 1.35 bits per heavy atom. The summed E-state index contributed by atoms with van der Waals surface area (Å²) in [5, 5.41) is 11.8. The van der Waals surface area contributed by atoms with Gasteiger partial charge in [-0.15, -0.1) is 11.3 Å². The number of hydrogen-bond acceptors (Lipinski definition) is 5. The van der Waals surface area contributed by atoms with E-state index in [2.05, 4.69) is 15.7 Å². The first-order chi connectivity index (χ1) is 12.4. The number of fused-ring (bicyclic) bond motifs is 3. The molecule has 2 bridgehead atoms. The molecule has 0 aliphatic carbocycles. The van der Waals surface area contributed by atoms with E-state index in [-0.39, 0.29) is 11.8 Å². The van der Waals surface area contributed by atoms with Gasteiger partial charge in [0.25, 0.3) is 5.91 Å². The lowest BCUT2D eigenvalue weighted by molar-refractivity contribution is -0.133. The quantitative estimate of drug-likeness (QED) is 0.850. The van der Waals surface area contributed by atoms with Crippen molar-refractivity contribution in [3.63, 3.8) is 0 Å². The number of nitrogens with one attached hydrogen (secondary N) is 2. The Hall–Kier alpha value is -1.93. The van der Waals surface area contributed by atoms with Crippen molar-refractivity contribution in [2.45, 2.75) is 51.2 Å². The lowest BCUT2D eigenvalue weighted by atomic mass is 10.1. The number of thiophene rings is 1. The molecule has 2 aromatic rings. The summed E-state index contributed by atoms with van der Waals surface area (Å²) in [4.78, 5) is 28.9. The van der Waals surface area contributed by atoms with E-state index in [0.717, 1.165) is 41.8 Å². The third kappa shape index (κ3) is 3.12. The average molecular weight is 375 g/mol.